The molecular weight excluding hydrogens is 332 g/mol. The molecule has 1 rings (SSSR count). The van der Waals surface area contributed by atoms with Crippen molar-refractivity contribution in [3.8, 4) is 0 Å². The quantitative estimate of drug-likeness (QED) is 0.552. The van der Waals surface area contributed by atoms with Gasteiger partial charge in [0.2, 0.25) is 0 Å². The van der Waals surface area contributed by atoms with E-state index in [4.69, 9.17) is 13.9 Å². The predicted molar refractivity (Wildman–Crippen MR) is 106 cm³/mol. The third-order valence-electron chi connectivity index (χ3n) is 5.14. The van der Waals surface area contributed by atoms with Crippen LogP contribution in [0.3, 0.4) is 0 Å². The van der Waals surface area contributed by atoms with Gasteiger partial charge in [0.1, 0.15) is 6.10 Å². The van der Waals surface area contributed by atoms with Crippen molar-refractivity contribution in [1.29, 1.82) is 0 Å². The minimum absolute atomic E-state index is 0.0114. The van der Waals surface area contributed by atoms with Gasteiger partial charge in [-0.15, -0.1) is 0 Å². The monoisotopic (exact) mass is 372 g/mol. The van der Waals surface area contributed by atoms with Crippen LogP contribution in [-0.4, -0.2) is 37.3 Å². The second-order valence-electron chi connectivity index (χ2n) is 9.31. The van der Waals surface area contributed by atoms with Crippen molar-refractivity contribution in [3.05, 3.63) is 11.5 Å². The zero-order valence-electron chi connectivity index (χ0n) is 18.0. The standard InChI is InChI=1S/C20H40O4Si/c1-11-12-13-20(21)17(23-15(4)5)16(22-14(2)3)18(20)24-25(9,10)19(6,7)8/h14-15,18,21H,11-13H2,1-10H3. The third-order valence-corrected chi connectivity index (χ3v) is 9.57. The summed E-state index contributed by atoms with van der Waals surface area (Å²) in [5.74, 6) is 1.26. The number of unbranched alkanes of at least 4 members (excludes halogenated alkanes) is 1. The second-order valence-corrected chi connectivity index (χ2v) is 14.1. The molecule has 0 aliphatic heterocycles. The molecule has 0 aromatic carbocycles. The maximum Gasteiger partial charge on any atom is 0.193 e. The van der Waals surface area contributed by atoms with Gasteiger partial charge in [0.05, 0.1) is 12.2 Å². The number of hydrogen-bond acceptors (Lipinski definition) is 4. The number of ether oxygens (including phenoxy) is 2. The highest BCUT2D eigenvalue weighted by Crippen LogP contribution is 2.50. The van der Waals surface area contributed by atoms with E-state index in [0.717, 1.165) is 12.8 Å². The van der Waals surface area contributed by atoms with Gasteiger partial charge >= 0.3 is 0 Å². The molecule has 5 heteroatoms. The van der Waals surface area contributed by atoms with Gasteiger partial charge in [0.15, 0.2) is 25.4 Å². The molecule has 0 saturated heterocycles. The largest absolute Gasteiger partial charge is 0.489 e. The van der Waals surface area contributed by atoms with E-state index < -0.39 is 20.0 Å². The first-order chi connectivity index (χ1) is 11.3. The molecule has 0 saturated carbocycles. The molecule has 0 aromatic heterocycles. The lowest BCUT2D eigenvalue weighted by molar-refractivity contribution is -0.144. The highest BCUT2D eigenvalue weighted by atomic mass is 28.4. The van der Waals surface area contributed by atoms with E-state index in [0.29, 0.717) is 17.9 Å². The Bertz CT molecular complexity index is 477. The van der Waals surface area contributed by atoms with Crippen LogP contribution in [0.4, 0.5) is 0 Å². The van der Waals surface area contributed by atoms with E-state index >= 15 is 0 Å². The summed E-state index contributed by atoms with van der Waals surface area (Å²) in [6.45, 7) is 21.1. The van der Waals surface area contributed by atoms with Gasteiger partial charge in [-0.2, -0.15) is 0 Å². The summed E-state index contributed by atoms with van der Waals surface area (Å²) in [5.41, 5.74) is -1.08. The molecule has 2 atom stereocenters. The molecule has 0 radical (unpaired) electrons. The molecule has 0 bridgehead atoms. The van der Waals surface area contributed by atoms with Gasteiger partial charge in [-0.3, -0.25) is 0 Å². The lowest BCUT2D eigenvalue weighted by Crippen LogP contribution is -2.61. The zero-order chi connectivity index (χ0) is 19.6. The summed E-state index contributed by atoms with van der Waals surface area (Å²) in [6, 6.07) is 0. The molecule has 0 heterocycles. The minimum atomic E-state index is -2.06. The molecule has 0 amide bonds. The Hall–Kier alpha value is -0.523. The molecule has 0 spiro atoms. The van der Waals surface area contributed by atoms with Crippen LogP contribution < -0.4 is 0 Å². The topological polar surface area (TPSA) is 47.9 Å². The fourth-order valence-electron chi connectivity index (χ4n) is 2.67. The maximum absolute atomic E-state index is 11.5. The Labute approximate surface area is 156 Å². The summed E-state index contributed by atoms with van der Waals surface area (Å²) >= 11 is 0. The summed E-state index contributed by atoms with van der Waals surface area (Å²) in [5, 5.41) is 11.5. The average molecular weight is 373 g/mol. The van der Waals surface area contributed by atoms with E-state index in [2.05, 4.69) is 40.8 Å². The normalized spacial score (nSPS) is 24.8. The number of rotatable bonds is 9. The van der Waals surface area contributed by atoms with Gasteiger partial charge in [0, 0.05) is 0 Å². The van der Waals surface area contributed by atoms with Gasteiger partial charge in [0.25, 0.3) is 0 Å². The SMILES string of the molecule is CCCCC1(O)C(OC(C)C)=C(OC(C)C)C1O[Si](C)(C)C(C)(C)C. The van der Waals surface area contributed by atoms with Gasteiger partial charge < -0.3 is 19.0 Å². The Kier molecular flexibility index (Phi) is 7.22. The van der Waals surface area contributed by atoms with Crippen LogP contribution in [0.5, 0.6) is 0 Å². The van der Waals surface area contributed by atoms with E-state index in [-0.39, 0.29) is 17.2 Å². The molecule has 1 aliphatic carbocycles. The Morgan fingerprint density at radius 2 is 1.60 bits per heavy atom. The van der Waals surface area contributed by atoms with Crippen molar-refractivity contribution < 1.29 is 19.0 Å². The van der Waals surface area contributed by atoms with E-state index in [1.54, 1.807) is 0 Å². The lowest BCUT2D eigenvalue weighted by Gasteiger charge is -2.51. The van der Waals surface area contributed by atoms with E-state index in [9.17, 15) is 5.11 Å². The average Bonchev–Trinajstić information content (AvgIpc) is 2.45. The maximum atomic E-state index is 11.5. The van der Waals surface area contributed by atoms with Crippen LogP contribution in [0.25, 0.3) is 0 Å². The number of aliphatic hydroxyl groups is 1. The third kappa shape index (κ3) is 5.01. The minimum Gasteiger partial charge on any atom is -0.489 e. The Balaban J connectivity index is 3.25. The van der Waals surface area contributed by atoms with Crippen molar-refractivity contribution in [3.63, 3.8) is 0 Å². The van der Waals surface area contributed by atoms with Crippen molar-refractivity contribution in [2.45, 2.75) is 117 Å². The molecular formula is C20H40O4Si. The van der Waals surface area contributed by atoms with Crippen molar-refractivity contribution in [2.75, 3.05) is 0 Å². The fourth-order valence-corrected chi connectivity index (χ4v) is 3.91. The Morgan fingerprint density at radius 3 is 2.00 bits per heavy atom. The number of hydrogen-bond donors (Lipinski definition) is 1. The molecule has 148 valence electrons. The van der Waals surface area contributed by atoms with Gasteiger partial charge in [-0.25, -0.2) is 0 Å². The highest BCUT2D eigenvalue weighted by Gasteiger charge is 2.60. The van der Waals surface area contributed by atoms with Crippen molar-refractivity contribution in [1.82, 2.24) is 0 Å². The van der Waals surface area contributed by atoms with E-state index in [1.807, 2.05) is 27.7 Å². The zero-order valence-corrected chi connectivity index (χ0v) is 19.0. The predicted octanol–water partition coefficient (Wildman–Crippen LogP) is 5.37. The first-order valence-electron chi connectivity index (χ1n) is 9.74. The lowest BCUT2D eigenvalue weighted by atomic mass is 9.77. The van der Waals surface area contributed by atoms with Crippen LogP contribution in [0, 0.1) is 0 Å². The summed E-state index contributed by atoms with van der Waals surface area (Å²) in [6.07, 6.45) is 2.15. The molecule has 25 heavy (non-hydrogen) atoms. The summed E-state index contributed by atoms with van der Waals surface area (Å²) in [7, 11) is -2.06. The smallest absolute Gasteiger partial charge is 0.193 e. The van der Waals surface area contributed by atoms with Crippen LogP contribution in [0.1, 0.15) is 74.7 Å². The van der Waals surface area contributed by atoms with Crippen LogP contribution in [0.2, 0.25) is 18.1 Å². The molecule has 0 fully saturated rings. The highest BCUT2D eigenvalue weighted by molar-refractivity contribution is 6.74. The van der Waals surface area contributed by atoms with Crippen LogP contribution in [-0.2, 0) is 13.9 Å². The first kappa shape index (κ1) is 22.5. The first-order valence-corrected chi connectivity index (χ1v) is 12.6. The summed E-state index contributed by atoms with van der Waals surface area (Å²) in [4.78, 5) is 0. The molecule has 1 aliphatic rings. The van der Waals surface area contributed by atoms with Crippen molar-refractivity contribution >= 4 is 8.32 Å². The van der Waals surface area contributed by atoms with Gasteiger partial charge in [-0.1, -0.05) is 40.5 Å². The Morgan fingerprint density at radius 1 is 1.08 bits per heavy atom. The van der Waals surface area contributed by atoms with Crippen molar-refractivity contribution in [2.24, 2.45) is 0 Å². The summed E-state index contributed by atoms with van der Waals surface area (Å²) < 4.78 is 18.6. The van der Waals surface area contributed by atoms with Crippen LogP contribution in [0.15, 0.2) is 11.5 Å². The second kappa shape index (κ2) is 8.01. The molecule has 0 aromatic rings. The molecule has 4 nitrogen and oxygen atoms in total. The molecule has 1 N–H and O–H groups in total. The van der Waals surface area contributed by atoms with Gasteiger partial charge in [-0.05, 0) is 52.2 Å². The van der Waals surface area contributed by atoms with E-state index in [1.165, 1.54) is 0 Å². The fraction of sp³-hybridized carbons (Fsp3) is 0.900. The molecule has 2 unspecified atom stereocenters. The van der Waals surface area contributed by atoms with Crippen LogP contribution >= 0.6 is 0 Å².